The van der Waals surface area contributed by atoms with Gasteiger partial charge < -0.3 is 14.6 Å². The average molecular weight is 338 g/mol. The van der Waals surface area contributed by atoms with Crippen LogP contribution in [0.2, 0.25) is 0 Å². The summed E-state index contributed by atoms with van der Waals surface area (Å²) in [6.45, 7) is 2.13. The highest BCUT2D eigenvalue weighted by Gasteiger charge is 2.52. The summed E-state index contributed by atoms with van der Waals surface area (Å²) < 4.78 is 34.3. The number of aliphatic carboxylic acids is 1. The Labute approximate surface area is 135 Å². The number of hydrogen-bond acceptors (Lipinski definition) is 5. The van der Waals surface area contributed by atoms with Crippen molar-refractivity contribution in [3.8, 4) is 17.6 Å². The number of carboxylic acids is 1. The zero-order chi connectivity index (χ0) is 16.9. The van der Waals surface area contributed by atoms with Gasteiger partial charge in [-0.25, -0.2) is 8.42 Å². The minimum atomic E-state index is -4.03. The highest BCUT2D eigenvalue weighted by Crippen LogP contribution is 2.35. The SMILES string of the molecule is CC#CCOc1ccc(S(=O)(=O)C2(C(=O)O)CCOCC2)cc1. The third kappa shape index (κ3) is 3.33. The van der Waals surface area contributed by atoms with Crippen molar-refractivity contribution in [2.45, 2.75) is 29.4 Å². The topological polar surface area (TPSA) is 89.9 Å². The van der Waals surface area contributed by atoms with Gasteiger partial charge in [-0.15, -0.1) is 5.92 Å². The molecule has 1 aliphatic heterocycles. The zero-order valence-electron chi connectivity index (χ0n) is 12.7. The van der Waals surface area contributed by atoms with E-state index in [1.165, 1.54) is 24.3 Å². The smallest absolute Gasteiger partial charge is 0.325 e. The van der Waals surface area contributed by atoms with Gasteiger partial charge in [-0.1, -0.05) is 5.92 Å². The summed E-state index contributed by atoms with van der Waals surface area (Å²) in [6.07, 6.45) is -0.121. The molecule has 1 fully saturated rings. The van der Waals surface area contributed by atoms with Crippen LogP contribution in [-0.4, -0.2) is 44.1 Å². The van der Waals surface area contributed by atoms with E-state index >= 15 is 0 Å². The van der Waals surface area contributed by atoms with Crippen molar-refractivity contribution in [3.05, 3.63) is 24.3 Å². The van der Waals surface area contributed by atoms with E-state index < -0.39 is 20.6 Å². The zero-order valence-corrected chi connectivity index (χ0v) is 13.6. The molecule has 23 heavy (non-hydrogen) atoms. The molecule has 124 valence electrons. The molecule has 6 nitrogen and oxygen atoms in total. The Kier molecular flexibility index (Phi) is 5.29. The number of carboxylic acid groups (broad SMARTS) is 1. The summed E-state index contributed by atoms with van der Waals surface area (Å²) in [5.74, 6) is 4.56. The predicted octanol–water partition coefficient (Wildman–Crippen LogP) is 1.50. The van der Waals surface area contributed by atoms with Crippen LogP contribution in [0.3, 0.4) is 0 Å². The molecule has 0 amide bonds. The van der Waals surface area contributed by atoms with Crippen LogP contribution < -0.4 is 4.74 Å². The molecular weight excluding hydrogens is 320 g/mol. The Morgan fingerprint density at radius 3 is 2.43 bits per heavy atom. The maximum absolute atomic E-state index is 12.8. The molecule has 0 aliphatic carbocycles. The number of rotatable bonds is 5. The van der Waals surface area contributed by atoms with Gasteiger partial charge in [0.15, 0.2) is 14.6 Å². The van der Waals surface area contributed by atoms with Crippen molar-refractivity contribution in [2.75, 3.05) is 19.8 Å². The van der Waals surface area contributed by atoms with Crippen LogP contribution >= 0.6 is 0 Å². The maximum atomic E-state index is 12.8. The van der Waals surface area contributed by atoms with E-state index in [1.807, 2.05) is 0 Å². The maximum Gasteiger partial charge on any atom is 0.325 e. The van der Waals surface area contributed by atoms with Crippen molar-refractivity contribution in [1.82, 2.24) is 0 Å². The van der Waals surface area contributed by atoms with E-state index in [9.17, 15) is 18.3 Å². The first-order chi connectivity index (χ1) is 10.9. The van der Waals surface area contributed by atoms with Crippen LogP contribution in [-0.2, 0) is 19.4 Å². The van der Waals surface area contributed by atoms with Gasteiger partial charge in [-0.3, -0.25) is 4.79 Å². The molecule has 0 aromatic heterocycles. The van der Waals surface area contributed by atoms with Crippen molar-refractivity contribution in [1.29, 1.82) is 0 Å². The number of hydrogen-bond donors (Lipinski definition) is 1. The highest BCUT2D eigenvalue weighted by atomic mass is 32.2. The summed E-state index contributed by atoms with van der Waals surface area (Å²) in [4.78, 5) is 11.6. The van der Waals surface area contributed by atoms with E-state index in [0.717, 1.165) is 0 Å². The highest BCUT2D eigenvalue weighted by molar-refractivity contribution is 7.93. The summed E-state index contributed by atoms with van der Waals surface area (Å²) in [6, 6.07) is 5.73. The van der Waals surface area contributed by atoms with E-state index in [-0.39, 0.29) is 37.6 Å². The number of sulfone groups is 1. The minimum absolute atomic E-state index is 0.0317. The largest absolute Gasteiger partial charge is 0.481 e. The van der Waals surface area contributed by atoms with Gasteiger partial charge in [0, 0.05) is 26.1 Å². The molecule has 0 saturated carbocycles. The second-order valence-corrected chi connectivity index (χ2v) is 7.36. The van der Waals surface area contributed by atoms with Crippen LogP contribution in [0.1, 0.15) is 19.8 Å². The Balaban J connectivity index is 2.30. The minimum Gasteiger partial charge on any atom is -0.481 e. The molecule has 0 bridgehead atoms. The lowest BCUT2D eigenvalue weighted by molar-refractivity contribution is -0.142. The third-order valence-corrected chi connectivity index (χ3v) is 6.33. The molecule has 7 heteroatoms. The Bertz CT molecular complexity index is 718. The van der Waals surface area contributed by atoms with Gasteiger partial charge in [0.1, 0.15) is 12.4 Å². The van der Waals surface area contributed by atoms with E-state index in [2.05, 4.69) is 11.8 Å². The Hall–Kier alpha value is -2.04. The normalized spacial score (nSPS) is 16.9. The Morgan fingerprint density at radius 1 is 1.30 bits per heavy atom. The van der Waals surface area contributed by atoms with Gasteiger partial charge in [-0.2, -0.15) is 0 Å². The lowest BCUT2D eigenvalue weighted by Crippen LogP contribution is -2.50. The van der Waals surface area contributed by atoms with Gasteiger partial charge in [0.25, 0.3) is 0 Å². The molecule has 0 atom stereocenters. The van der Waals surface area contributed by atoms with Gasteiger partial charge >= 0.3 is 5.97 Å². The van der Waals surface area contributed by atoms with Crippen molar-refractivity contribution >= 4 is 15.8 Å². The third-order valence-electron chi connectivity index (χ3n) is 3.83. The summed E-state index contributed by atoms with van der Waals surface area (Å²) in [7, 11) is -4.03. The van der Waals surface area contributed by atoms with Crippen molar-refractivity contribution < 1.29 is 27.8 Å². The van der Waals surface area contributed by atoms with Crippen LogP contribution in [0.5, 0.6) is 5.75 Å². The number of carbonyl (C=O) groups is 1. The van der Waals surface area contributed by atoms with E-state index in [4.69, 9.17) is 9.47 Å². The fourth-order valence-corrected chi connectivity index (χ4v) is 4.31. The predicted molar refractivity (Wildman–Crippen MR) is 83.0 cm³/mol. The van der Waals surface area contributed by atoms with Crippen LogP contribution in [0.25, 0.3) is 0 Å². The molecule has 2 rings (SSSR count). The van der Waals surface area contributed by atoms with Gasteiger partial charge in [0.2, 0.25) is 0 Å². The first-order valence-electron chi connectivity index (χ1n) is 7.12. The second kappa shape index (κ2) is 7.02. The van der Waals surface area contributed by atoms with Crippen molar-refractivity contribution in [2.24, 2.45) is 0 Å². The van der Waals surface area contributed by atoms with Crippen LogP contribution in [0.4, 0.5) is 0 Å². The fourth-order valence-electron chi connectivity index (χ4n) is 2.43. The van der Waals surface area contributed by atoms with Crippen molar-refractivity contribution in [3.63, 3.8) is 0 Å². The van der Waals surface area contributed by atoms with E-state index in [1.54, 1.807) is 6.92 Å². The summed E-state index contributed by atoms with van der Waals surface area (Å²) in [5, 5.41) is 9.51. The average Bonchev–Trinajstić information content (AvgIpc) is 2.56. The first-order valence-corrected chi connectivity index (χ1v) is 8.60. The standard InChI is InChI=1S/C16H18O6S/c1-2-3-10-22-13-4-6-14(7-5-13)23(19,20)16(15(17)18)8-11-21-12-9-16/h4-7H,8-12H2,1H3,(H,17,18). The fraction of sp³-hybridized carbons (Fsp3) is 0.438. The summed E-state index contributed by atoms with van der Waals surface area (Å²) in [5.41, 5.74) is 0. The van der Waals surface area contributed by atoms with E-state index in [0.29, 0.717) is 5.75 Å². The molecule has 0 unspecified atom stereocenters. The molecule has 0 radical (unpaired) electrons. The lowest BCUT2D eigenvalue weighted by atomic mass is 9.99. The van der Waals surface area contributed by atoms with Gasteiger partial charge in [0.05, 0.1) is 4.90 Å². The monoisotopic (exact) mass is 338 g/mol. The Morgan fingerprint density at radius 2 is 1.91 bits per heavy atom. The lowest BCUT2D eigenvalue weighted by Gasteiger charge is -2.32. The first kappa shape index (κ1) is 17.3. The molecule has 0 spiro atoms. The molecule has 1 aromatic carbocycles. The molecular formula is C16H18O6S. The number of benzene rings is 1. The molecule has 1 N–H and O–H groups in total. The molecule has 1 heterocycles. The second-order valence-electron chi connectivity index (χ2n) is 5.10. The molecule has 1 aromatic rings. The van der Waals surface area contributed by atoms with Crippen LogP contribution in [0, 0.1) is 11.8 Å². The summed E-state index contributed by atoms with van der Waals surface area (Å²) >= 11 is 0. The number of ether oxygens (including phenoxy) is 2. The quantitative estimate of drug-likeness (QED) is 0.818. The molecule has 1 aliphatic rings. The van der Waals surface area contributed by atoms with Gasteiger partial charge in [-0.05, 0) is 31.2 Å². The molecule has 1 saturated heterocycles. The van der Waals surface area contributed by atoms with Crippen LogP contribution in [0.15, 0.2) is 29.2 Å².